The van der Waals surface area contributed by atoms with Crippen LogP contribution in [0.3, 0.4) is 0 Å². The largest absolute Gasteiger partial charge is 0.392 e. The number of ketones is 1. The molecule has 0 aliphatic heterocycles. The highest BCUT2D eigenvalue weighted by Crippen LogP contribution is 2.13. The van der Waals surface area contributed by atoms with Gasteiger partial charge in [0.15, 0.2) is 5.78 Å². The van der Waals surface area contributed by atoms with E-state index < -0.39 is 0 Å². The third-order valence-electron chi connectivity index (χ3n) is 2.16. The smallest absolute Gasteiger partial charge is 0.155 e. The van der Waals surface area contributed by atoms with E-state index in [2.05, 4.69) is 0 Å². The van der Waals surface area contributed by atoms with Crippen LogP contribution in [-0.2, 0) is 4.79 Å². The molecule has 1 N–H and O–H groups in total. The zero-order chi connectivity index (χ0) is 10.4. The summed E-state index contributed by atoms with van der Waals surface area (Å²) in [7, 11) is 0. The summed E-state index contributed by atoms with van der Waals surface area (Å²) >= 11 is 0. The molecule has 0 bridgehead atoms. The second-order valence-corrected chi connectivity index (χ2v) is 3.77. The summed E-state index contributed by atoms with van der Waals surface area (Å²) in [6.45, 7) is 7.69. The van der Waals surface area contributed by atoms with Gasteiger partial charge in [-0.05, 0) is 12.0 Å². The Kier molecular flexibility index (Phi) is 5.63. The van der Waals surface area contributed by atoms with Gasteiger partial charge < -0.3 is 5.11 Å². The molecule has 0 fully saturated rings. The van der Waals surface area contributed by atoms with Gasteiger partial charge in [0.25, 0.3) is 0 Å². The first kappa shape index (κ1) is 12.4. The van der Waals surface area contributed by atoms with Crippen molar-refractivity contribution in [1.82, 2.24) is 0 Å². The van der Waals surface area contributed by atoms with Gasteiger partial charge in [0.2, 0.25) is 0 Å². The fourth-order valence-electron chi connectivity index (χ4n) is 1.10. The number of aliphatic hydroxyl groups excluding tert-OH is 1. The van der Waals surface area contributed by atoms with Crippen molar-refractivity contribution in [3.05, 3.63) is 12.2 Å². The maximum Gasteiger partial charge on any atom is 0.155 e. The van der Waals surface area contributed by atoms with Crippen LogP contribution >= 0.6 is 0 Å². The molecule has 0 amide bonds. The van der Waals surface area contributed by atoms with Crippen molar-refractivity contribution in [3.63, 3.8) is 0 Å². The minimum Gasteiger partial charge on any atom is -0.392 e. The monoisotopic (exact) mass is 184 g/mol. The minimum absolute atomic E-state index is 0.0514. The minimum atomic E-state index is -0.360. The van der Waals surface area contributed by atoms with Gasteiger partial charge in [0, 0.05) is 12.3 Å². The number of allylic oxidation sites excluding steroid dienone is 1. The van der Waals surface area contributed by atoms with Crippen LogP contribution in [-0.4, -0.2) is 17.0 Å². The van der Waals surface area contributed by atoms with Crippen molar-refractivity contribution in [2.45, 2.75) is 40.2 Å². The third kappa shape index (κ3) is 4.83. The van der Waals surface area contributed by atoms with Crippen molar-refractivity contribution in [2.75, 3.05) is 0 Å². The molecule has 0 aliphatic rings. The van der Waals surface area contributed by atoms with Crippen LogP contribution in [0.4, 0.5) is 0 Å². The molecule has 0 rings (SSSR count). The van der Waals surface area contributed by atoms with Gasteiger partial charge >= 0.3 is 0 Å². The molecule has 76 valence electrons. The van der Waals surface area contributed by atoms with Gasteiger partial charge in [-0.2, -0.15) is 0 Å². The number of carbonyl (C=O) groups excluding carboxylic acids is 1. The number of carbonyl (C=O) groups is 1. The Bertz CT molecular complexity index is 183. The molecule has 0 radical (unpaired) electrons. The Hall–Kier alpha value is -0.630. The van der Waals surface area contributed by atoms with E-state index in [9.17, 15) is 9.90 Å². The van der Waals surface area contributed by atoms with Gasteiger partial charge in [-0.1, -0.05) is 33.8 Å². The SMILES string of the molecule is CCC(=O)/C=C/C(C)C(O)C(C)C. The Labute approximate surface area is 80.7 Å². The van der Waals surface area contributed by atoms with Crippen LogP contribution in [0.15, 0.2) is 12.2 Å². The van der Waals surface area contributed by atoms with Crippen molar-refractivity contribution in [1.29, 1.82) is 0 Å². The lowest BCUT2D eigenvalue weighted by Crippen LogP contribution is -2.22. The van der Waals surface area contributed by atoms with E-state index in [1.165, 1.54) is 0 Å². The Morgan fingerprint density at radius 2 is 1.92 bits per heavy atom. The van der Waals surface area contributed by atoms with Crippen molar-refractivity contribution >= 4 is 5.78 Å². The zero-order valence-corrected chi connectivity index (χ0v) is 8.95. The second-order valence-electron chi connectivity index (χ2n) is 3.77. The van der Waals surface area contributed by atoms with Crippen LogP contribution in [0.1, 0.15) is 34.1 Å². The fraction of sp³-hybridized carbons (Fsp3) is 0.727. The van der Waals surface area contributed by atoms with E-state index in [1.54, 1.807) is 12.2 Å². The van der Waals surface area contributed by atoms with Crippen LogP contribution in [0.25, 0.3) is 0 Å². The predicted molar refractivity (Wildman–Crippen MR) is 54.4 cm³/mol. The summed E-state index contributed by atoms with van der Waals surface area (Å²) in [5.41, 5.74) is 0. The molecule has 2 atom stereocenters. The Balaban J connectivity index is 4.06. The van der Waals surface area contributed by atoms with Crippen molar-refractivity contribution in [2.24, 2.45) is 11.8 Å². The first-order valence-electron chi connectivity index (χ1n) is 4.88. The lowest BCUT2D eigenvalue weighted by Gasteiger charge is -2.18. The van der Waals surface area contributed by atoms with Crippen LogP contribution in [0.2, 0.25) is 0 Å². The average Bonchev–Trinajstić information content (AvgIpc) is 2.11. The normalized spacial score (nSPS) is 16.5. The van der Waals surface area contributed by atoms with E-state index >= 15 is 0 Å². The molecule has 0 aromatic heterocycles. The topological polar surface area (TPSA) is 37.3 Å². The summed E-state index contributed by atoms with van der Waals surface area (Å²) in [5.74, 6) is 0.398. The molecule has 0 saturated heterocycles. The standard InChI is InChI=1S/C11H20O2/c1-5-10(12)7-6-9(4)11(13)8(2)3/h6-9,11,13H,5H2,1-4H3/b7-6+. The molecular weight excluding hydrogens is 164 g/mol. The van der Waals surface area contributed by atoms with Crippen LogP contribution in [0.5, 0.6) is 0 Å². The molecule has 0 heterocycles. The zero-order valence-electron chi connectivity index (χ0n) is 8.95. The number of hydrogen-bond acceptors (Lipinski definition) is 2. The summed E-state index contributed by atoms with van der Waals surface area (Å²) in [6, 6.07) is 0. The first-order valence-corrected chi connectivity index (χ1v) is 4.88. The summed E-state index contributed by atoms with van der Waals surface area (Å²) in [4.78, 5) is 10.9. The average molecular weight is 184 g/mol. The van der Waals surface area contributed by atoms with Gasteiger partial charge in [0.1, 0.15) is 0 Å². The van der Waals surface area contributed by atoms with Crippen LogP contribution < -0.4 is 0 Å². The third-order valence-corrected chi connectivity index (χ3v) is 2.16. The highest BCUT2D eigenvalue weighted by atomic mass is 16.3. The van der Waals surface area contributed by atoms with Gasteiger partial charge in [-0.25, -0.2) is 0 Å². The molecule has 0 aromatic rings. The number of rotatable bonds is 5. The fourth-order valence-corrected chi connectivity index (χ4v) is 1.10. The summed E-state index contributed by atoms with van der Waals surface area (Å²) < 4.78 is 0. The maximum absolute atomic E-state index is 10.9. The predicted octanol–water partition coefficient (Wildman–Crippen LogP) is 2.17. The lowest BCUT2D eigenvalue weighted by atomic mass is 9.94. The number of hydrogen-bond donors (Lipinski definition) is 1. The highest BCUT2D eigenvalue weighted by Gasteiger charge is 2.14. The van der Waals surface area contributed by atoms with E-state index in [0.29, 0.717) is 6.42 Å². The Morgan fingerprint density at radius 1 is 1.38 bits per heavy atom. The summed E-state index contributed by atoms with van der Waals surface area (Å²) in [5, 5.41) is 9.62. The first-order chi connectivity index (χ1) is 5.99. The Morgan fingerprint density at radius 3 is 2.31 bits per heavy atom. The molecule has 2 nitrogen and oxygen atoms in total. The quantitative estimate of drug-likeness (QED) is 0.665. The molecule has 2 unspecified atom stereocenters. The molecule has 0 spiro atoms. The molecular formula is C11H20O2. The molecule has 0 aliphatic carbocycles. The van der Waals surface area contributed by atoms with Gasteiger partial charge in [-0.15, -0.1) is 0 Å². The van der Waals surface area contributed by atoms with E-state index in [0.717, 1.165) is 0 Å². The molecule has 2 heteroatoms. The highest BCUT2D eigenvalue weighted by molar-refractivity contribution is 5.89. The summed E-state index contributed by atoms with van der Waals surface area (Å²) in [6.07, 6.45) is 3.52. The maximum atomic E-state index is 10.9. The number of aliphatic hydroxyl groups is 1. The van der Waals surface area contributed by atoms with E-state index in [1.807, 2.05) is 27.7 Å². The lowest BCUT2D eigenvalue weighted by molar-refractivity contribution is -0.114. The molecule has 13 heavy (non-hydrogen) atoms. The van der Waals surface area contributed by atoms with E-state index in [-0.39, 0.29) is 23.7 Å². The van der Waals surface area contributed by atoms with E-state index in [4.69, 9.17) is 0 Å². The second kappa shape index (κ2) is 5.92. The molecule has 0 saturated carbocycles. The van der Waals surface area contributed by atoms with Crippen molar-refractivity contribution in [3.8, 4) is 0 Å². The van der Waals surface area contributed by atoms with Gasteiger partial charge in [0.05, 0.1) is 6.10 Å². The van der Waals surface area contributed by atoms with Gasteiger partial charge in [-0.3, -0.25) is 4.79 Å². The molecule has 0 aromatic carbocycles. The van der Waals surface area contributed by atoms with Crippen molar-refractivity contribution < 1.29 is 9.90 Å². The van der Waals surface area contributed by atoms with Crippen LogP contribution in [0, 0.1) is 11.8 Å².